The van der Waals surface area contributed by atoms with Crippen LogP contribution in [0.15, 0.2) is 36.5 Å². The Bertz CT molecular complexity index is 418. The van der Waals surface area contributed by atoms with E-state index in [1.54, 1.807) is 0 Å². The Labute approximate surface area is 110 Å². The molecule has 0 bridgehead atoms. The zero-order chi connectivity index (χ0) is 13.2. The van der Waals surface area contributed by atoms with Crippen LogP contribution in [0.1, 0.15) is 44.9 Å². The van der Waals surface area contributed by atoms with Gasteiger partial charge >= 0.3 is 0 Å². The smallest absolute Gasteiger partial charge is 0.0824 e. The second kappa shape index (κ2) is 8.45. The number of rotatable bonds is 4. The molecule has 0 amide bonds. The van der Waals surface area contributed by atoms with E-state index in [0.717, 1.165) is 18.7 Å². The SMILES string of the molecule is CCCC.CCc1cn(Cc2ccccc2)nn1. The zero-order valence-corrected chi connectivity index (χ0v) is 11.6. The van der Waals surface area contributed by atoms with E-state index in [2.05, 4.69) is 43.2 Å². The zero-order valence-electron chi connectivity index (χ0n) is 11.6. The van der Waals surface area contributed by atoms with Crippen LogP contribution in [0, 0.1) is 0 Å². The van der Waals surface area contributed by atoms with Crippen molar-refractivity contribution < 1.29 is 0 Å². The first kappa shape index (κ1) is 14.4. The summed E-state index contributed by atoms with van der Waals surface area (Å²) in [5, 5.41) is 8.09. The lowest BCUT2D eigenvalue weighted by molar-refractivity contribution is 0.649. The minimum atomic E-state index is 0.799. The summed E-state index contributed by atoms with van der Waals surface area (Å²) < 4.78 is 1.87. The van der Waals surface area contributed by atoms with Crippen molar-refractivity contribution in [2.75, 3.05) is 0 Å². The summed E-state index contributed by atoms with van der Waals surface area (Å²) in [6.07, 6.45) is 5.57. The van der Waals surface area contributed by atoms with E-state index in [1.807, 2.05) is 29.1 Å². The van der Waals surface area contributed by atoms with Gasteiger partial charge in [0.1, 0.15) is 0 Å². The summed E-state index contributed by atoms with van der Waals surface area (Å²) in [4.78, 5) is 0. The van der Waals surface area contributed by atoms with Gasteiger partial charge in [-0.2, -0.15) is 0 Å². The van der Waals surface area contributed by atoms with E-state index in [1.165, 1.54) is 18.4 Å². The van der Waals surface area contributed by atoms with Crippen molar-refractivity contribution >= 4 is 0 Å². The number of hydrogen-bond acceptors (Lipinski definition) is 2. The number of benzene rings is 1. The average molecular weight is 245 g/mol. The molecule has 2 aromatic rings. The summed E-state index contributed by atoms with van der Waals surface area (Å²) in [5.74, 6) is 0. The van der Waals surface area contributed by atoms with Gasteiger partial charge in [0.2, 0.25) is 0 Å². The Kier molecular flexibility index (Phi) is 6.77. The molecule has 0 aliphatic heterocycles. The van der Waals surface area contributed by atoms with E-state index in [-0.39, 0.29) is 0 Å². The van der Waals surface area contributed by atoms with Crippen LogP contribution in [-0.2, 0) is 13.0 Å². The van der Waals surface area contributed by atoms with E-state index >= 15 is 0 Å². The van der Waals surface area contributed by atoms with Crippen LogP contribution in [-0.4, -0.2) is 15.0 Å². The van der Waals surface area contributed by atoms with Crippen molar-refractivity contribution in [2.24, 2.45) is 0 Å². The molecule has 0 atom stereocenters. The number of nitrogens with zero attached hydrogens (tertiary/aromatic N) is 3. The van der Waals surface area contributed by atoms with Crippen molar-refractivity contribution in [2.45, 2.75) is 46.6 Å². The van der Waals surface area contributed by atoms with Gasteiger partial charge in [0, 0.05) is 6.20 Å². The number of unbranched alkanes of at least 4 members (excludes halogenated alkanes) is 1. The Morgan fingerprint density at radius 3 is 2.17 bits per heavy atom. The van der Waals surface area contributed by atoms with Crippen molar-refractivity contribution in [1.29, 1.82) is 0 Å². The molecule has 0 saturated heterocycles. The van der Waals surface area contributed by atoms with Gasteiger partial charge in [0.05, 0.1) is 12.2 Å². The monoisotopic (exact) mass is 245 g/mol. The standard InChI is InChI=1S/C11H13N3.C4H10/c1-2-11-9-14(13-12-11)8-10-6-4-3-5-7-10;1-3-4-2/h3-7,9H,2,8H2,1H3;3-4H2,1-2H3. The van der Waals surface area contributed by atoms with Crippen LogP contribution in [0.5, 0.6) is 0 Å². The highest BCUT2D eigenvalue weighted by molar-refractivity contribution is 5.14. The molecular weight excluding hydrogens is 222 g/mol. The van der Waals surface area contributed by atoms with Gasteiger partial charge in [-0.15, -0.1) is 5.10 Å². The van der Waals surface area contributed by atoms with Gasteiger partial charge in [0.25, 0.3) is 0 Å². The van der Waals surface area contributed by atoms with Crippen molar-refractivity contribution in [1.82, 2.24) is 15.0 Å². The molecule has 98 valence electrons. The van der Waals surface area contributed by atoms with E-state index in [0.29, 0.717) is 0 Å². The second-order valence-electron chi connectivity index (χ2n) is 4.25. The molecule has 1 heterocycles. The van der Waals surface area contributed by atoms with Crippen molar-refractivity contribution in [3.8, 4) is 0 Å². The Morgan fingerprint density at radius 2 is 1.67 bits per heavy atom. The summed E-state index contributed by atoms with van der Waals surface area (Å²) in [5.41, 5.74) is 2.29. The second-order valence-corrected chi connectivity index (χ2v) is 4.25. The fourth-order valence-corrected chi connectivity index (χ4v) is 1.35. The largest absolute Gasteiger partial charge is 0.248 e. The Morgan fingerprint density at radius 1 is 1.00 bits per heavy atom. The van der Waals surface area contributed by atoms with E-state index in [9.17, 15) is 0 Å². The van der Waals surface area contributed by atoms with Crippen LogP contribution in [0.3, 0.4) is 0 Å². The number of hydrogen-bond donors (Lipinski definition) is 0. The lowest BCUT2D eigenvalue weighted by Crippen LogP contribution is -1.99. The normalized spacial score (nSPS) is 9.72. The lowest BCUT2D eigenvalue weighted by atomic mass is 10.2. The fraction of sp³-hybridized carbons (Fsp3) is 0.467. The quantitative estimate of drug-likeness (QED) is 0.822. The average Bonchev–Trinajstić information content (AvgIpc) is 2.88. The molecule has 1 aromatic heterocycles. The summed E-state index contributed by atoms with van der Waals surface area (Å²) >= 11 is 0. The topological polar surface area (TPSA) is 30.7 Å². The lowest BCUT2D eigenvalue weighted by Gasteiger charge is -1.98. The molecule has 3 nitrogen and oxygen atoms in total. The fourth-order valence-electron chi connectivity index (χ4n) is 1.35. The summed E-state index contributed by atoms with van der Waals surface area (Å²) in [7, 11) is 0. The molecule has 2 rings (SSSR count). The minimum Gasteiger partial charge on any atom is -0.248 e. The Hall–Kier alpha value is -1.64. The number of aromatic nitrogens is 3. The molecule has 1 aromatic carbocycles. The molecule has 0 N–H and O–H groups in total. The summed E-state index contributed by atoms with van der Waals surface area (Å²) in [6.45, 7) is 7.24. The van der Waals surface area contributed by atoms with E-state index in [4.69, 9.17) is 0 Å². The summed E-state index contributed by atoms with van der Waals surface area (Å²) in [6, 6.07) is 10.3. The van der Waals surface area contributed by atoms with E-state index < -0.39 is 0 Å². The third-order valence-corrected chi connectivity index (χ3v) is 2.64. The highest BCUT2D eigenvalue weighted by Gasteiger charge is 1.98. The predicted molar refractivity (Wildman–Crippen MR) is 75.5 cm³/mol. The first-order chi connectivity index (χ1) is 8.80. The van der Waals surface area contributed by atoms with Gasteiger partial charge < -0.3 is 0 Å². The van der Waals surface area contributed by atoms with Crippen LogP contribution < -0.4 is 0 Å². The molecule has 0 spiro atoms. The molecule has 3 heteroatoms. The molecule has 18 heavy (non-hydrogen) atoms. The minimum absolute atomic E-state index is 0.799. The predicted octanol–water partition coefficient (Wildman–Crippen LogP) is 3.70. The molecular formula is C15H23N3. The van der Waals surface area contributed by atoms with Gasteiger partial charge in [-0.1, -0.05) is 69.2 Å². The van der Waals surface area contributed by atoms with Crippen LogP contribution in [0.4, 0.5) is 0 Å². The van der Waals surface area contributed by atoms with Gasteiger partial charge in [-0.05, 0) is 12.0 Å². The van der Waals surface area contributed by atoms with Gasteiger partial charge in [0.15, 0.2) is 0 Å². The first-order valence-electron chi connectivity index (χ1n) is 6.73. The van der Waals surface area contributed by atoms with Crippen molar-refractivity contribution in [3.05, 3.63) is 47.8 Å². The first-order valence-corrected chi connectivity index (χ1v) is 6.73. The highest BCUT2D eigenvalue weighted by Crippen LogP contribution is 2.02. The van der Waals surface area contributed by atoms with Crippen LogP contribution in [0.2, 0.25) is 0 Å². The van der Waals surface area contributed by atoms with Crippen LogP contribution >= 0.6 is 0 Å². The van der Waals surface area contributed by atoms with Gasteiger partial charge in [-0.25, -0.2) is 4.68 Å². The van der Waals surface area contributed by atoms with Crippen molar-refractivity contribution in [3.63, 3.8) is 0 Å². The van der Waals surface area contributed by atoms with Gasteiger partial charge in [-0.3, -0.25) is 0 Å². The molecule has 0 aliphatic rings. The maximum absolute atomic E-state index is 4.05. The van der Waals surface area contributed by atoms with Crippen LogP contribution in [0.25, 0.3) is 0 Å². The number of aryl methyl sites for hydroxylation is 1. The molecule has 0 saturated carbocycles. The Balaban J connectivity index is 0.000000357. The third-order valence-electron chi connectivity index (χ3n) is 2.64. The molecule has 0 unspecified atom stereocenters. The maximum Gasteiger partial charge on any atom is 0.0824 e. The molecule has 0 fully saturated rings. The molecule has 0 radical (unpaired) electrons. The maximum atomic E-state index is 4.05. The third kappa shape index (κ3) is 5.13. The molecule has 0 aliphatic carbocycles. The highest BCUT2D eigenvalue weighted by atomic mass is 15.4.